The molecule has 0 bridgehead atoms. The van der Waals surface area contributed by atoms with Crippen molar-refractivity contribution in [2.45, 2.75) is 13.8 Å². The average molecular weight is 268 g/mol. The summed E-state index contributed by atoms with van der Waals surface area (Å²) >= 11 is 0. The number of hydrogen-bond acceptors (Lipinski definition) is 9. The molecule has 0 rings (SSSR count). The molecule has 0 spiro atoms. The molecule has 98 valence electrons. The third kappa shape index (κ3) is 6.48. The summed E-state index contributed by atoms with van der Waals surface area (Å²) in [6.45, 7) is 2.74. The van der Waals surface area contributed by atoms with Crippen LogP contribution in [0.5, 0.6) is 0 Å². The van der Waals surface area contributed by atoms with E-state index in [1.165, 1.54) is 13.8 Å². The van der Waals surface area contributed by atoms with Crippen LogP contribution in [0, 0.1) is 0 Å². The quantitative estimate of drug-likeness (QED) is 0.149. The number of hydrogen-bond donors (Lipinski definition) is 0. The molecule has 0 aliphatic heterocycles. The van der Waals surface area contributed by atoms with Crippen molar-refractivity contribution in [3.05, 3.63) is 0 Å². The molecule has 0 aliphatic carbocycles. The van der Waals surface area contributed by atoms with Gasteiger partial charge in [0.2, 0.25) is 0 Å². The number of ether oxygens (including phenoxy) is 2. The van der Waals surface area contributed by atoms with Gasteiger partial charge in [-0.05, 0) is 13.8 Å². The van der Waals surface area contributed by atoms with Crippen molar-refractivity contribution in [1.29, 1.82) is 0 Å². The molecule has 0 aromatic rings. The fourth-order valence-electron chi connectivity index (χ4n) is 0.640. The number of nitrogens with zero attached hydrogens (tertiary/aromatic N) is 1. The standard InChI is InChI=1S/C7H11NO8S/c1-3-14-6(9)5(7(10)15-4-2)8-16-17(11,12)13/h3-4H2,1-2H3,(H,11,12,13)/p-1. The Morgan fingerprint density at radius 1 is 1.12 bits per heavy atom. The lowest BCUT2D eigenvalue weighted by Crippen LogP contribution is -2.29. The molecule has 0 radical (unpaired) electrons. The molecule has 0 N–H and O–H groups in total. The summed E-state index contributed by atoms with van der Waals surface area (Å²) in [5, 5.41) is 2.60. The number of oxime groups is 1. The minimum Gasteiger partial charge on any atom is -0.714 e. The highest BCUT2D eigenvalue weighted by molar-refractivity contribution is 7.80. The second kappa shape index (κ2) is 6.81. The Labute approximate surface area is 97.3 Å². The fraction of sp³-hybridized carbons (Fsp3) is 0.571. The average Bonchev–Trinajstić information content (AvgIpc) is 2.16. The lowest BCUT2D eigenvalue weighted by molar-refractivity contribution is -0.140. The molecular formula is C7H10NO8S-. The number of esters is 2. The topological polar surface area (TPSA) is 131 Å². The molecule has 0 atom stereocenters. The summed E-state index contributed by atoms with van der Waals surface area (Å²) in [6, 6.07) is 0. The molecule has 0 heterocycles. The first-order valence-corrected chi connectivity index (χ1v) is 5.71. The minimum absolute atomic E-state index is 0.0820. The second-order valence-electron chi connectivity index (χ2n) is 2.36. The predicted molar refractivity (Wildman–Crippen MR) is 51.5 cm³/mol. The van der Waals surface area contributed by atoms with E-state index in [-0.39, 0.29) is 13.2 Å². The molecule has 0 saturated carbocycles. The van der Waals surface area contributed by atoms with E-state index < -0.39 is 28.0 Å². The van der Waals surface area contributed by atoms with E-state index in [4.69, 9.17) is 0 Å². The van der Waals surface area contributed by atoms with Crippen molar-refractivity contribution in [2.24, 2.45) is 5.16 Å². The maximum absolute atomic E-state index is 11.1. The fourth-order valence-corrected chi connectivity index (χ4v) is 0.806. The van der Waals surface area contributed by atoms with Gasteiger partial charge >= 0.3 is 11.9 Å². The van der Waals surface area contributed by atoms with Crippen LogP contribution in [0.3, 0.4) is 0 Å². The van der Waals surface area contributed by atoms with Gasteiger partial charge in [0.15, 0.2) is 0 Å². The molecule has 9 nitrogen and oxygen atoms in total. The van der Waals surface area contributed by atoms with Crippen LogP contribution in [-0.2, 0) is 33.7 Å². The summed E-state index contributed by atoms with van der Waals surface area (Å²) in [5.41, 5.74) is -1.06. The molecule has 0 saturated heterocycles. The molecule has 0 aliphatic rings. The van der Waals surface area contributed by atoms with Gasteiger partial charge in [0.05, 0.1) is 13.2 Å². The monoisotopic (exact) mass is 268 g/mol. The SMILES string of the molecule is CCOC(=O)C(=NOS(=O)(=O)[O-])C(=O)OCC. The number of carbonyl (C=O) groups is 2. The molecule has 0 amide bonds. The lowest BCUT2D eigenvalue weighted by Gasteiger charge is -2.06. The molecule has 0 aromatic carbocycles. The van der Waals surface area contributed by atoms with Crippen molar-refractivity contribution in [3.8, 4) is 0 Å². The Kier molecular flexibility index (Phi) is 6.13. The van der Waals surface area contributed by atoms with E-state index in [0.29, 0.717) is 0 Å². The first-order valence-electron chi connectivity index (χ1n) is 4.38. The van der Waals surface area contributed by atoms with Gasteiger partial charge in [0, 0.05) is 0 Å². The summed E-state index contributed by atoms with van der Waals surface area (Å²) in [4.78, 5) is 22.3. The predicted octanol–water partition coefficient (Wildman–Crippen LogP) is -1.05. The summed E-state index contributed by atoms with van der Waals surface area (Å²) in [6.07, 6.45) is 0. The van der Waals surface area contributed by atoms with Crippen molar-refractivity contribution in [2.75, 3.05) is 13.2 Å². The van der Waals surface area contributed by atoms with Crippen LogP contribution in [0.2, 0.25) is 0 Å². The lowest BCUT2D eigenvalue weighted by atomic mass is 10.4. The highest BCUT2D eigenvalue weighted by atomic mass is 32.3. The zero-order valence-electron chi connectivity index (χ0n) is 9.04. The van der Waals surface area contributed by atoms with Gasteiger partial charge in [-0.3, -0.25) is 4.28 Å². The largest absolute Gasteiger partial charge is 0.714 e. The van der Waals surface area contributed by atoms with E-state index in [9.17, 15) is 22.6 Å². The van der Waals surface area contributed by atoms with Gasteiger partial charge in [-0.2, -0.15) is 8.42 Å². The van der Waals surface area contributed by atoms with Gasteiger partial charge < -0.3 is 14.0 Å². The van der Waals surface area contributed by atoms with Gasteiger partial charge in [-0.25, -0.2) is 9.59 Å². The van der Waals surface area contributed by atoms with Crippen LogP contribution in [-0.4, -0.2) is 43.8 Å². The van der Waals surface area contributed by atoms with E-state index in [0.717, 1.165) is 0 Å². The first kappa shape index (κ1) is 15.3. The second-order valence-corrected chi connectivity index (χ2v) is 3.33. The van der Waals surface area contributed by atoms with Gasteiger partial charge in [0.1, 0.15) is 0 Å². The van der Waals surface area contributed by atoms with Crippen LogP contribution >= 0.6 is 0 Å². The normalized spacial score (nSPS) is 10.3. The maximum atomic E-state index is 11.1. The maximum Gasteiger partial charge on any atom is 0.368 e. The number of carbonyl (C=O) groups excluding carboxylic acids is 2. The Hall–Kier alpha value is -1.68. The summed E-state index contributed by atoms with van der Waals surface area (Å²) in [7, 11) is -5.17. The van der Waals surface area contributed by atoms with Crippen LogP contribution in [0.1, 0.15) is 13.8 Å². The van der Waals surface area contributed by atoms with Crippen molar-refractivity contribution < 1.29 is 36.3 Å². The molecule has 0 fully saturated rings. The van der Waals surface area contributed by atoms with E-state index in [1.807, 2.05) is 0 Å². The molecule has 17 heavy (non-hydrogen) atoms. The van der Waals surface area contributed by atoms with Gasteiger partial charge in [-0.15, -0.1) is 0 Å². The first-order chi connectivity index (χ1) is 7.81. The zero-order valence-corrected chi connectivity index (χ0v) is 9.85. The minimum atomic E-state index is -5.17. The van der Waals surface area contributed by atoms with E-state index >= 15 is 0 Å². The Morgan fingerprint density at radius 2 is 1.53 bits per heavy atom. The third-order valence-electron chi connectivity index (χ3n) is 1.16. The highest BCUT2D eigenvalue weighted by Crippen LogP contribution is 1.95. The molecule has 0 unspecified atom stereocenters. The molecule has 10 heteroatoms. The summed E-state index contributed by atoms with van der Waals surface area (Å²) < 4.78 is 42.5. The van der Waals surface area contributed by atoms with Crippen molar-refractivity contribution in [1.82, 2.24) is 0 Å². The van der Waals surface area contributed by atoms with Crippen LogP contribution in [0.15, 0.2) is 5.16 Å². The van der Waals surface area contributed by atoms with Crippen molar-refractivity contribution in [3.63, 3.8) is 0 Å². The van der Waals surface area contributed by atoms with E-state index in [1.54, 1.807) is 0 Å². The van der Waals surface area contributed by atoms with Crippen molar-refractivity contribution >= 4 is 28.0 Å². The van der Waals surface area contributed by atoms with Crippen LogP contribution in [0.25, 0.3) is 0 Å². The van der Waals surface area contributed by atoms with Gasteiger partial charge in [-0.1, -0.05) is 5.16 Å². The Balaban J connectivity index is 4.97. The Morgan fingerprint density at radius 3 is 1.82 bits per heavy atom. The smallest absolute Gasteiger partial charge is 0.368 e. The Bertz CT molecular complexity index is 392. The van der Waals surface area contributed by atoms with Crippen LogP contribution < -0.4 is 0 Å². The van der Waals surface area contributed by atoms with Crippen LogP contribution in [0.4, 0.5) is 0 Å². The third-order valence-corrected chi connectivity index (χ3v) is 1.41. The van der Waals surface area contributed by atoms with E-state index in [2.05, 4.69) is 18.9 Å². The van der Waals surface area contributed by atoms with Gasteiger partial charge in [0.25, 0.3) is 16.1 Å². The molecule has 0 aromatic heterocycles. The molecular weight excluding hydrogens is 258 g/mol. The number of rotatable bonds is 6. The highest BCUT2D eigenvalue weighted by Gasteiger charge is 2.25. The summed E-state index contributed by atoms with van der Waals surface area (Å²) in [5.74, 6) is -2.51. The zero-order chi connectivity index (χ0) is 13.5.